The van der Waals surface area contributed by atoms with Crippen molar-refractivity contribution in [3.8, 4) is 0 Å². The molecule has 0 radical (unpaired) electrons. The van der Waals surface area contributed by atoms with E-state index < -0.39 is 0 Å². The molecule has 1 unspecified atom stereocenters. The summed E-state index contributed by atoms with van der Waals surface area (Å²) in [6.45, 7) is 3.63. The number of likely N-dealkylation sites (tertiary alicyclic amines) is 1. The van der Waals surface area contributed by atoms with E-state index in [4.69, 9.17) is 0 Å². The number of aryl methyl sites for hydroxylation is 1. The SMILES string of the molecule is Cc1cnc(CN2C(=O)CCC2CCNCc2ccccc2F)cn1. The number of nitrogens with zero attached hydrogens (tertiary/aromatic N) is 3. The van der Waals surface area contributed by atoms with Gasteiger partial charge in [-0.3, -0.25) is 14.8 Å². The lowest BCUT2D eigenvalue weighted by atomic mass is 10.1. The summed E-state index contributed by atoms with van der Waals surface area (Å²) in [5, 5.41) is 3.27. The quantitative estimate of drug-likeness (QED) is 0.786. The molecular formula is C19H23FN4O. The molecule has 25 heavy (non-hydrogen) atoms. The zero-order chi connectivity index (χ0) is 17.6. The van der Waals surface area contributed by atoms with Gasteiger partial charge in [-0.2, -0.15) is 0 Å². The summed E-state index contributed by atoms with van der Waals surface area (Å²) in [7, 11) is 0. The normalized spacial score (nSPS) is 17.3. The number of carbonyl (C=O) groups excluding carboxylic acids is 1. The molecule has 1 aliphatic heterocycles. The van der Waals surface area contributed by atoms with Crippen molar-refractivity contribution in [3.05, 3.63) is 59.4 Å². The Morgan fingerprint density at radius 3 is 2.88 bits per heavy atom. The van der Waals surface area contributed by atoms with Gasteiger partial charge < -0.3 is 10.2 Å². The lowest BCUT2D eigenvalue weighted by Crippen LogP contribution is -2.35. The van der Waals surface area contributed by atoms with E-state index in [9.17, 15) is 9.18 Å². The number of amides is 1. The molecular weight excluding hydrogens is 319 g/mol. The van der Waals surface area contributed by atoms with Gasteiger partial charge in [-0.25, -0.2) is 4.39 Å². The molecule has 0 aliphatic carbocycles. The maximum absolute atomic E-state index is 13.6. The third-order valence-electron chi connectivity index (χ3n) is 4.55. The molecule has 2 heterocycles. The Balaban J connectivity index is 1.50. The molecule has 1 aromatic heterocycles. The van der Waals surface area contributed by atoms with Crippen LogP contribution in [0.4, 0.5) is 4.39 Å². The van der Waals surface area contributed by atoms with Crippen LogP contribution in [-0.4, -0.2) is 33.4 Å². The van der Waals surface area contributed by atoms with Gasteiger partial charge in [-0.05, 0) is 32.4 Å². The van der Waals surface area contributed by atoms with E-state index in [-0.39, 0.29) is 17.8 Å². The average Bonchev–Trinajstić information content (AvgIpc) is 2.95. The van der Waals surface area contributed by atoms with Crippen LogP contribution < -0.4 is 5.32 Å². The second kappa shape index (κ2) is 8.16. The van der Waals surface area contributed by atoms with Gasteiger partial charge in [0.1, 0.15) is 5.82 Å². The van der Waals surface area contributed by atoms with Crippen LogP contribution in [0.3, 0.4) is 0 Å². The van der Waals surface area contributed by atoms with Crippen LogP contribution in [-0.2, 0) is 17.9 Å². The minimum Gasteiger partial charge on any atom is -0.334 e. The molecule has 1 fully saturated rings. The third-order valence-corrected chi connectivity index (χ3v) is 4.55. The summed E-state index contributed by atoms with van der Waals surface area (Å²) in [6, 6.07) is 6.97. The fourth-order valence-electron chi connectivity index (χ4n) is 3.12. The van der Waals surface area contributed by atoms with E-state index in [2.05, 4.69) is 15.3 Å². The Hall–Kier alpha value is -2.34. The number of aromatic nitrogens is 2. The van der Waals surface area contributed by atoms with Gasteiger partial charge in [0.2, 0.25) is 5.91 Å². The number of hydrogen-bond donors (Lipinski definition) is 1. The van der Waals surface area contributed by atoms with E-state index in [0.717, 1.165) is 30.8 Å². The van der Waals surface area contributed by atoms with Crippen molar-refractivity contribution in [2.24, 2.45) is 0 Å². The van der Waals surface area contributed by atoms with Crippen LogP contribution in [0.15, 0.2) is 36.7 Å². The summed E-state index contributed by atoms with van der Waals surface area (Å²) in [4.78, 5) is 22.6. The number of carbonyl (C=O) groups is 1. The standard InChI is InChI=1S/C19H23FN4O/c1-14-10-23-16(12-22-14)13-24-17(6-7-19(24)25)8-9-21-11-15-4-2-3-5-18(15)20/h2-5,10,12,17,21H,6-9,11,13H2,1H3. The van der Waals surface area contributed by atoms with Crippen LogP contribution in [0, 0.1) is 12.7 Å². The van der Waals surface area contributed by atoms with E-state index in [1.54, 1.807) is 24.5 Å². The minimum absolute atomic E-state index is 0.168. The molecule has 1 N–H and O–H groups in total. The highest BCUT2D eigenvalue weighted by atomic mass is 19.1. The first-order chi connectivity index (χ1) is 12.1. The number of nitrogens with one attached hydrogen (secondary N) is 1. The number of hydrogen-bond acceptors (Lipinski definition) is 4. The zero-order valence-corrected chi connectivity index (χ0v) is 14.4. The van der Waals surface area contributed by atoms with E-state index in [0.29, 0.717) is 25.1 Å². The minimum atomic E-state index is -0.189. The van der Waals surface area contributed by atoms with Crippen molar-refractivity contribution in [3.63, 3.8) is 0 Å². The molecule has 1 aromatic carbocycles. The van der Waals surface area contributed by atoms with E-state index in [1.165, 1.54) is 6.07 Å². The van der Waals surface area contributed by atoms with Crippen LogP contribution >= 0.6 is 0 Å². The Kier molecular flexibility index (Phi) is 5.71. The summed E-state index contributed by atoms with van der Waals surface area (Å²) in [6.07, 6.45) is 5.74. The van der Waals surface area contributed by atoms with Gasteiger partial charge in [-0.1, -0.05) is 18.2 Å². The highest BCUT2D eigenvalue weighted by molar-refractivity contribution is 5.78. The van der Waals surface area contributed by atoms with Crippen LogP contribution in [0.5, 0.6) is 0 Å². The first-order valence-electron chi connectivity index (χ1n) is 8.64. The fourth-order valence-corrected chi connectivity index (χ4v) is 3.12. The molecule has 1 atom stereocenters. The van der Waals surface area contributed by atoms with Gasteiger partial charge >= 0.3 is 0 Å². The largest absolute Gasteiger partial charge is 0.334 e. The first kappa shape index (κ1) is 17.5. The number of rotatable bonds is 7. The van der Waals surface area contributed by atoms with E-state index in [1.807, 2.05) is 17.9 Å². The maximum atomic E-state index is 13.6. The average molecular weight is 342 g/mol. The molecule has 1 saturated heterocycles. The molecule has 2 aromatic rings. The van der Waals surface area contributed by atoms with Crippen LogP contribution in [0.1, 0.15) is 36.2 Å². The zero-order valence-electron chi connectivity index (χ0n) is 14.4. The Bertz CT molecular complexity index is 720. The summed E-state index contributed by atoms with van der Waals surface area (Å²) < 4.78 is 13.6. The molecule has 0 spiro atoms. The van der Waals surface area contributed by atoms with Crippen molar-refractivity contribution >= 4 is 5.91 Å². The maximum Gasteiger partial charge on any atom is 0.223 e. The van der Waals surface area contributed by atoms with E-state index >= 15 is 0 Å². The predicted molar refractivity (Wildman–Crippen MR) is 93.1 cm³/mol. The fraction of sp³-hybridized carbons (Fsp3) is 0.421. The lowest BCUT2D eigenvalue weighted by molar-refractivity contribution is -0.129. The second-order valence-electron chi connectivity index (χ2n) is 6.42. The molecule has 1 aliphatic rings. The third kappa shape index (κ3) is 4.60. The Morgan fingerprint density at radius 1 is 1.28 bits per heavy atom. The van der Waals surface area contributed by atoms with Crippen LogP contribution in [0.2, 0.25) is 0 Å². The van der Waals surface area contributed by atoms with Gasteiger partial charge in [0.05, 0.1) is 24.1 Å². The molecule has 1 amide bonds. The number of benzene rings is 1. The Morgan fingerprint density at radius 2 is 2.12 bits per heavy atom. The lowest BCUT2D eigenvalue weighted by Gasteiger charge is -2.24. The predicted octanol–water partition coefficient (Wildman–Crippen LogP) is 2.60. The smallest absolute Gasteiger partial charge is 0.223 e. The van der Waals surface area contributed by atoms with Gasteiger partial charge in [0.25, 0.3) is 0 Å². The Labute approximate surface area is 147 Å². The van der Waals surface area contributed by atoms with Crippen molar-refractivity contribution in [2.75, 3.05) is 6.54 Å². The molecule has 0 saturated carbocycles. The highest BCUT2D eigenvalue weighted by Crippen LogP contribution is 2.23. The topological polar surface area (TPSA) is 58.1 Å². The summed E-state index contributed by atoms with van der Waals surface area (Å²) in [5.74, 6) is -0.0212. The summed E-state index contributed by atoms with van der Waals surface area (Å²) in [5.41, 5.74) is 2.34. The highest BCUT2D eigenvalue weighted by Gasteiger charge is 2.30. The molecule has 3 rings (SSSR count). The van der Waals surface area contributed by atoms with Gasteiger partial charge in [0.15, 0.2) is 0 Å². The van der Waals surface area contributed by atoms with Gasteiger partial charge in [0, 0.05) is 30.8 Å². The molecule has 132 valence electrons. The number of halogens is 1. The molecule has 0 bridgehead atoms. The second-order valence-corrected chi connectivity index (χ2v) is 6.42. The first-order valence-corrected chi connectivity index (χ1v) is 8.64. The monoisotopic (exact) mass is 342 g/mol. The molecule has 6 heteroatoms. The van der Waals surface area contributed by atoms with Crippen molar-refractivity contribution < 1.29 is 9.18 Å². The van der Waals surface area contributed by atoms with Crippen molar-refractivity contribution in [1.29, 1.82) is 0 Å². The van der Waals surface area contributed by atoms with Gasteiger partial charge in [-0.15, -0.1) is 0 Å². The summed E-state index contributed by atoms with van der Waals surface area (Å²) >= 11 is 0. The molecule has 5 nitrogen and oxygen atoms in total. The van der Waals surface area contributed by atoms with Crippen molar-refractivity contribution in [2.45, 2.75) is 45.3 Å². The van der Waals surface area contributed by atoms with Crippen LogP contribution in [0.25, 0.3) is 0 Å². The van der Waals surface area contributed by atoms with Crippen molar-refractivity contribution in [1.82, 2.24) is 20.2 Å².